The van der Waals surface area contributed by atoms with Crippen LogP contribution in [-0.4, -0.2) is 23.3 Å². The summed E-state index contributed by atoms with van der Waals surface area (Å²) in [4.78, 5) is 4.08. The summed E-state index contributed by atoms with van der Waals surface area (Å²) in [6.07, 6.45) is 3.58. The highest BCUT2D eigenvalue weighted by atomic mass is 16.5. The van der Waals surface area contributed by atoms with E-state index in [1.165, 1.54) is 0 Å². The lowest BCUT2D eigenvalue weighted by Gasteiger charge is -2.22. The molecule has 0 fully saturated rings. The molecule has 0 amide bonds. The van der Waals surface area contributed by atoms with Crippen molar-refractivity contribution in [1.29, 1.82) is 0 Å². The second-order valence-electron chi connectivity index (χ2n) is 4.96. The minimum atomic E-state index is -0.227. The van der Waals surface area contributed by atoms with Gasteiger partial charge in [-0.15, -0.1) is 0 Å². The molecule has 0 aliphatic carbocycles. The topological polar surface area (TPSA) is 42.4 Å². The molecule has 2 rings (SSSR count). The molecule has 17 heavy (non-hydrogen) atoms. The molecule has 0 spiro atoms. The summed E-state index contributed by atoms with van der Waals surface area (Å²) in [5.41, 5.74) is -0.227. The Balaban J connectivity index is 2.24. The molecule has 0 radical (unpaired) electrons. The Labute approximate surface area is 101 Å². The van der Waals surface area contributed by atoms with Gasteiger partial charge in [-0.1, -0.05) is 26.0 Å². The van der Waals surface area contributed by atoms with E-state index in [-0.39, 0.29) is 12.0 Å². The summed E-state index contributed by atoms with van der Waals surface area (Å²) in [5.74, 6) is 0.839. The van der Waals surface area contributed by atoms with Gasteiger partial charge in [-0.2, -0.15) is 0 Å². The highest BCUT2D eigenvalue weighted by Gasteiger charge is 2.17. The maximum Gasteiger partial charge on any atom is 0.127 e. The number of hydrogen-bond acceptors (Lipinski definition) is 3. The molecule has 1 aromatic heterocycles. The number of aliphatic hydroxyl groups is 1. The number of hydrogen-bond donors (Lipinski definition) is 1. The molecule has 0 saturated carbocycles. The predicted octanol–water partition coefficient (Wildman–Crippen LogP) is 2.63. The molecule has 3 heteroatoms. The molecule has 90 valence electrons. The van der Waals surface area contributed by atoms with Gasteiger partial charge in [0.05, 0.1) is 13.2 Å². The molecule has 1 heterocycles. The van der Waals surface area contributed by atoms with Crippen LogP contribution >= 0.6 is 0 Å². The Bertz CT molecular complexity index is 503. The molecule has 0 aliphatic rings. The zero-order chi connectivity index (χ0) is 12.3. The largest absolute Gasteiger partial charge is 0.492 e. The van der Waals surface area contributed by atoms with E-state index in [0.29, 0.717) is 6.61 Å². The fourth-order valence-corrected chi connectivity index (χ4v) is 1.54. The van der Waals surface area contributed by atoms with Gasteiger partial charge in [-0.25, -0.2) is 0 Å². The van der Waals surface area contributed by atoms with E-state index < -0.39 is 0 Å². The average molecular weight is 231 g/mol. The Morgan fingerprint density at radius 2 is 2.12 bits per heavy atom. The summed E-state index contributed by atoms with van der Waals surface area (Å²) in [6.45, 7) is 4.55. The number of aromatic nitrogens is 1. The van der Waals surface area contributed by atoms with E-state index in [2.05, 4.69) is 4.98 Å². The molecular weight excluding hydrogens is 214 g/mol. The third kappa shape index (κ3) is 2.74. The fraction of sp³-hybridized carbons (Fsp3) is 0.357. The SMILES string of the molecule is CC(C)(CO)COc1cccc2cnccc12. The first kappa shape index (κ1) is 11.9. The third-order valence-corrected chi connectivity index (χ3v) is 2.69. The van der Waals surface area contributed by atoms with Gasteiger partial charge in [0.1, 0.15) is 5.75 Å². The van der Waals surface area contributed by atoms with Crippen molar-refractivity contribution in [2.24, 2.45) is 5.41 Å². The predicted molar refractivity (Wildman–Crippen MR) is 68.1 cm³/mol. The summed E-state index contributed by atoms with van der Waals surface area (Å²) in [6, 6.07) is 7.84. The van der Waals surface area contributed by atoms with Gasteiger partial charge in [0.2, 0.25) is 0 Å². The van der Waals surface area contributed by atoms with Crippen molar-refractivity contribution < 1.29 is 9.84 Å². The molecule has 0 unspecified atom stereocenters. The normalized spacial score (nSPS) is 11.7. The second kappa shape index (κ2) is 4.72. The number of nitrogens with zero attached hydrogens (tertiary/aromatic N) is 1. The van der Waals surface area contributed by atoms with Crippen molar-refractivity contribution in [3.05, 3.63) is 36.7 Å². The first-order valence-electron chi connectivity index (χ1n) is 5.69. The van der Waals surface area contributed by atoms with Gasteiger partial charge >= 0.3 is 0 Å². The van der Waals surface area contributed by atoms with Crippen LogP contribution in [0.25, 0.3) is 10.8 Å². The van der Waals surface area contributed by atoms with Crippen molar-refractivity contribution in [2.75, 3.05) is 13.2 Å². The first-order chi connectivity index (χ1) is 8.12. The van der Waals surface area contributed by atoms with E-state index in [4.69, 9.17) is 4.74 Å². The summed E-state index contributed by atoms with van der Waals surface area (Å²) in [7, 11) is 0. The highest BCUT2D eigenvalue weighted by molar-refractivity contribution is 5.87. The molecule has 0 saturated heterocycles. The Hall–Kier alpha value is -1.61. The average Bonchev–Trinajstić information content (AvgIpc) is 2.36. The maximum absolute atomic E-state index is 9.20. The van der Waals surface area contributed by atoms with Crippen molar-refractivity contribution in [1.82, 2.24) is 4.98 Å². The summed E-state index contributed by atoms with van der Waals surface area (Å²) < 4.78 is 5.79. The van der Waals surface area contributed by atoms with Gasteiger partial charge in [0, 0.05) is 28.6 Å². The summed E-state index contributed by atoms with van der Waals surface area (Å²) in [5, 5.41) is 11.3. The molecule has 2 aromatic rings. The second-order valence-corrected chi connectivity index (χ2v) is 4.96. The van der Waals surface area contributed by atoms with Crippen molar-refractivity contribution in [2.45, 2.75) is 13.8 Å². The van der Waals surface area contributed by atoms with Crippen LogP contribution in [0.2, 0.25) is 0 Å². The van der Waals surface area contributed by atoms with Gasteiger partial charge < -0.3 is 9.84 Å². The molecule has 1 N–H and O–H groups in total. The van der Waals surface area contributed by atoms with Crippen LogP contribution in [0, 0.1) is 5.41 Å². The van der Waals surface area contributed by atoms with E-state index >= 15 is 0 Å². The lowest BCUT2D eigenvalue weighted by molar-refractivity contribution is 0.0983. The highest BCUT2D eigenvalue weighted by Crippen LogP contribution is 2.26. The number of fused-ring (bicyclic) bond motifs is 1. The number of pyridine rings is 1. The van der Waals surface area contributed by atoms with Crippen LogP contribution in [0.4, 0.5) is 0 Å². The number of aliphatic hydroxyl groups excluding tert-OH is 1. The van der Waals surface area contributed by atoms with Crippen molar-refractivity contribution in [3.8, 4) is 5.75 Å². The number of ether oxygens (including phenoxy) is 1. The standard InChI is InChI=1S/C14H17NO2/c1-14(2,9-16)10-17-13-5-3-4-11-8-15-7-6-12(11)13/h3-8,16H,9-10H2,1-2H3. The zero-order valence-corrected chi connectivity index (χ0v) is 10.2. The van der Waals surface area contributed by atoms with Crippen LogP contribution in [0.15, 0.2) is 36.7 Å². The van der Waals surface area contributed by atoms with Gasteiger partial charge in [0.25, 0.3) is 0 Å². The third-order valence-electron chi connectivity index (χ3n) is 2.69. The van der Waals surface area contributed by atoms with E-state index in [0.717, 1.165) is 16.5 Å². The minimum absolute atomic E-state index is 0.110. The fourth-order valence-electron chi connectivity index (χ4n) is 1.54. The lowest BCUT2D eigenvalue weighted by atomic mass is 9.96. The summed E-state index contributed by atoms with van der Waals surface area (Å²) >= 11 is 0. The quantitative estimate of drug-likeness (QED) is 0.879. The van der Waals surface area contributed by atoms with Crippen LogP contribution in [0.1, 0.15) is 13.8 Å². The molecule has 0 atom stereocenters. The molecule has 1 aromatic carbocycles. The molecule has 3 nitrogen and oxygen atoms in total. The number of benzene rings is 1. The van der Waals surface area contributed by atoms with Crippen LogP contribution < -0.4 is 4.74 Å². The van der Waals surface area contributed by atoms with E-state index in [9.17, 15) is 5.11 Å². The van der Waals surface area contributed by atoms with Crippen LogP contribution in [-0.2, 0) is 0 Å². The van der Waals surface area contributed by atoms with E-state index in [1.807, 2.05) is 44.3 Å². The van der Waals surface area contributed by atoms with Crippen LogP contribution in [0.5, 0.6) is 5.75 Å². The number of rotatable bonds is 4. The smallest absolute Gasteiger partial charge is 0.127 e. The van der Waals surface area contributed by atoms with Crippen molar-refractivity contribution in [3.63, 3.8) is 0 Å². The first-order valence-corrected chi connectivity index (χ1v) is 5.69. The minimum Gasteiger partial charge on any atom is -0.492 e. The Morgan fingerprint density at radius 1 is 1.29 bits per heavy atom. The zero-order valence-electron chi connectivity index (χ0n) is 10.2. The molecule has 0 aliphatic heterocycles. The Morgan fingerprint density at radius 3 is 2.88 bits per heavy atom. The van der Waals surface area contributed by atoms with Crippen molar-refractivity contribution >= 4 is 10.8 Å². The maximum atomic E-state index is 9.20. The van der Waals surface area contributed by atoms with E-state index in [1.54, 1.807) is 6.20 Å². The van der Waals surface area contributed by atoms with Gasteiger partial charge in [-0.05, 0) is 12.1 Å². The molecule has 0 bridgehead atoms. The Kier molecular flexibility index (Phi) is 3.29. The van der Waals surface area contributed by atoms with Gasteiger partial charge in [-0.3, -0.25) is 4.98 Å². The van der Waals surface area contributed by atoms with Gasteiger partial charge in [0.15, 0.2) is 0 Å². The molecular formula is C14H17NO2. The van der Waals surface area contributed by atoms with Crippen LogP contribution in [0.3, 0.4) is 0 Å². The monoisotopic (exact) mass is 231 g/mol. The lowest BCUT2D eigenvalue weighted by Crippen LogP contribution is -2.25.